The van der Waals surface area contributed by atoms with Gasteiger partial charge in [-0.2, -0.15) is 8.42 Å². The Morgan fingerprint density at radius 1 is 1.35 bits per heavy atom. The van der Waals surface area contributed by atoms with Crippen molar-refractivity contribution in [2.45, 2.75) is 25.2 Å². The lowest BCUT2D eigenvalue weighted by atomic mass is 10.1. The molecule has 0 aromatic heterocycles. The number of benzene rings is 1. The van der Waals surface area contributed by atoms with E-state index in [0.717, 1.165) is 5.56 Å². The van der Waals surface area contributed by atoms with Gasteiger partial charge in [-0.25, -0.2) is 0 Å². The minimum atomic E-state index is -3.65. The Balaban J connectivity index is 2.64. The summed E-state index contributed by atoms with van der Waals surface area (Å²) in [6.45, 7) is 3.86. The first-order chi connectivity index (χ1) is 7.95. The molecule has 1 aromatic rings. The Labute approximate surface area is 103 Å². The van der Waals surface area contributed by atoms with E-state index < -0.39 is 10.1 Å². The lowest BCUT2D eigenvalue weighted by molar-refractivity contribution is 0.300. The Hall–Kier alpha value is -1.31. The third kappa shape index (κ3) is 4.22. The third-order valence-corrected chi connectivity index (χ3v) is 3.71. The van der Waals surface area contributed by atoms with Gasteiger partial charge in [-0.1, -0.05) is 24.6 Å². The summed E-state index contributed by atoms with van der Waals surface area (Å²) in [5.41, 5.74) is 1.00. The maximum absolute atomic E-state index is 11.7. The van der Waals surface area contributed by atoms with Crippen molar-refractivity contribution in [1.82, 2.24) is 0 Å². The van der Waals surface area contributed by atoms with Gasteiger partial charge in [-0.3, -0.25) is 4.18 Å². The molecule has 0 aliphatic carbocycles. The van der Waals surface area contributed by atoms with Gasteiger partial charge in [0.1, 0.15) is 0 Å². The predicted octanol–water partition coefficient (Wildman–Crippen LogP) is 2.36. The Morgan fingerprint density at radius 3 is 2.47 bits per heavy atom. The molecule has 1 rings (SSSR count). The van der Waals surface area contributed by atoms with Crippen molar-refractivity contribution in [3.8, 4) is 12.3 Å². The molecule has 0 saturated heterocycles. The molecule has 0 aliphatic heterocycles. The predicted molar refractivity (Wildman–Crippen MR) is 66.9 cm³/mol. The summed E-state index contributed by atoms with van der Waals surface area (Å²) in [5, 5.41) is 0. The van der Waals surface area contributed by atoms with Gasteiger partial charge in [0, 0.05) is 5.92 Å². The van der Waals surface area contributed by atoms with Crippen LogP contribution in [0.3, 0.4) is 0 Å². The van der Waals surface area contributed by atoms with Crippen LogP contribution in [0.1, 0.15) is 18.9 Å². The van der Waals surface area contributed by atoms with Gasteiger partial charge in [0.15, 0.2) is 0 Å². The molecule has 0 radical (unpaired) electrons. The molecule has 0 spiro atoms. The van der Waals surface area contributed by atoms with Crippen molar-refractivity contribution < 1.29 is 12.6 Å². The average Bonchev–Trinajstić information content (AvgIpc) is 2.29. The molecule has 1 aromatic carbocycles. The molecule has 0 aliphatic rings. The van der Waals surface area contributed by atoms with E-state index in [1.165, 1.54) is 12.1 Å². The van der Waals surface area contributed by atoms with E-state index in [9.17, 15) is 8.42 Å². The Bertz CT molecular complexity index is 494. The van der Waals surface area contributed by atoms with Crippen LogP contribution in [-0.2, 0) is 14.3 Å². The summed E-state index contributed by atoms with van der Waals surface area (Å²) in [4.78, 5) is 0.177. The van der Waals surface area contributed by atoms with Gasteiger partial charge in [-0.05, 0) is 25.5 Å². The first kappa shape index (κ1) is 13.8. The quantitative estimate of drug-likeness (QED) is 0.597. The summed E-state index contributed by atoms with van der Waals surface area (Å²) in [7, 11) is -3.65. The van der Waals surface area contributed by atoms with Gasteiger partial charge < -0.3 is 0 Å². The third-order valence-electron chi connectivity index (χ3n) is 2.38. The van der Waals surface area contributed by atoms with Crippen molar-refractivity contribution in [2.75, 3.05) is 6.61 Å². The molecule has 0 saturated carbocycles. The average molecular weight is 252 g/mol. The largest absolute Gasteiger partial charge is 0.296 e. The fourth-order valence-electron chi connectivity index (χ4n) is 1.19. The van der Waals surface area contributed by atoms with E-state index >= 15 is 0 Å². The standard InChI is InChI=1S/C13H16O3S/c1-4-11(2)9-10-16-17(14,15)13-7-5-12(3)6-8-13/h1,5-8,11H,9-10H2,2-3H3. The van der Waals surface area contributed by atoms with Crippen molar-refractivity contribution in [1.29, 1.82) is 0 Å². The zero-order valence-electron chi connectivity index (χ0n) is 10.0. The zero-order valence-corrected chi connectivity index (χ0v) is 10.8. The maximum Gasteiger partial charge on any atom is 0.296 e. The second kappa shape index (κ2) is 5.85. The fourth-order valence-corrected chi connectivity index (χ4v) is 2.11. The highest BCUT2D eigenvalue weighted by atomic mass is 32.2. The van der Waals surface area contributed by atoms with E-state index in [1.54, 1.807) is 12.1 Å². The molecule has 1 unspecified atom stereocenters. The molecule has 4 heteroatoms. The van der Waals surface area contributed by atoms with Crippen molar-refractivity contribution in [2.24, 2.45) is 5.92 Å². The lowest BCUT2D eigenvalue weighted by Gasteiger charge is -2.07. The first-order valence-corrected chi connectivity index (χ1v) is 6.79. The van der Waals surface area contributed by atoms with Gasteiger partial charge in [0.05, 0.1) is 11.5 Å². The molecule has 0 heterocycles. The maximum atomic E-state index is 11.7. The normalized spacial score (nSPS) is 13.0. The van der Waals surface area contributed by atoms with Crippen LogP contribution >= 0.6 is 0 Å². The van der Waals surface area contributed by atoms with E-state index in [1.807, 2.05) is 13.8 Å². The smallest absolute Gasteiger partial charge is 0.266 e. The number of hydrogen-bond acceptors (Lipinski definition) is 3. The monoisotopic (exact) mass is 252 g/mol. The first-order valence-electron chi connectivity index (χ1n) is 5.38. The van der Waals surface area contributed by atoms with Crippen LogP contribution in [0.15, 0.2) is 29.2 Å². The molecular weight excluding hydrogens is 236 g/mol. The van der Waals surface area contributed by atoms with Crippen molar-refractivity contribution >= 4 is 10.1 Å². The van der Waals surface area contributed by atoms with Crippen molar-refractivity contribution in [3.05, 3.63) is 29.8 Å². The number of rotatable bonds is 5. The van der Waals surface area contributed by atoms with Gasteiger partial charge >= 0.3 is 0 Å². The minimum absolute atomic E-state index is 0.0169. The highest BCUT2D eigenvalue weighted by Gasteiger charge is 2.14. The molecule has 3 nitrogen and oxygen atoms in total. The highest BCUT2D eigenvalue weighted by molar-refractivity contribution is 7.86. The fraction of sp³-hybridized carbons (Fsp3) is 0.385. The van der Waals surface area contributed by atoms with Gasteiger partial charge in [0.25, 0.3) is 10.1 Å². The summed E-state index contributed by atoms with van der Waals surface area (Å²) >= 11 is 0. The topological polar surface area (TPSA) is 43.4 Å². The molecule has 0 N–H and O–H groups in total. The summed E-state index contributed by atoms with van der Waals surface area (Å²) in [6.07, 6.45) is 5.72. The second-order valence-electron chi connectivity index (χ2n) is 3.95. The van der Waals surface area contributed by atoms with Crippen LogP contribution in [0.2, 0.25) is 0 Å². The van der Waals surface area contributed by atoms with E-state index in [4.69, 9.17) is 10.6 Å². The van der Waals surface area contributed by atoms with E-state index in [2.05, 4.69) is 5.92 Å². The molecule has 0 bridgehead atoms. The van der Waals surface area contributed by atoms with Crippen LogP contribution in [0.25, 0.3) is 0 Å². The number of hydrogen-bond donors (Lipinski definition) is 0. The summed E-state index contributed by atoms with van der Waals surface area (Å²) in [6, 6.07) is 6.55. The molecule has 1 atom stereocenters. The van der Waals surface area contributed by atoms with Crippen LogP contribution in [-0.4, -0.2) is 15.0 Å². The van der Waals surface area contributed by atoms with Crippen LogP contribution in [0.4, 0.5) is 0 Å². The van der Waals surface area contributed by atoms with Crippen molar-refractivity contribution in [3.63, 3.8) is 0 Å². The lowest BCUT2D eigenvalue weighted by Crippen LogP contribution is -2.09. The van der Waals surface area contributed by atoms with Crippen LogP contribution in [0.5, 0.6) is 0 Å². The number of aryl methyl sites for hydroxylation is 1. The SMILES string of the molecule is C#CC(C)CCOS(=O)(=O)c1ccc(C)cc1. The zero-order chi connectivity index (χ0) is 12.9. The van der Waals surface area contributed by atoms with Gasteiger partial charge in [0.2, 0.25) is 0 Å². The van der Waals surface area contributed by atoms with E-state index in [0.29, 0.717) is 6.42 Å². The van der Waals surface area contributed by atoms with Gasteiger partial charge in [-0.15, -0.1) is 12.3 Å². The van der Waals surface area contributed by atoms with Crippen LogP contribution in [0, 0.1) is 25.2 Å². The van der Waals surface area contributed by atoms with Crippen LogP contribution < -0.4 is 0 Å². The molecule has 17 heavy (non-hydrogen) atoms. The molecule has 92 valence electrons. The number of terminal acetylenes is 1. The molecule has 0 amide bonds. The Morgan fingerprint density at radius 2 is 1.94 bits per heavy atom. The molecule has 0 fully saturated rings. The summed E-state index contributed by atoms with van der Waals surface area (Å²) < 4.78 is 28.4. The second-order valence-corrected chi connectivity index (χ2v) is 5.56. The highest BCUT2D eigenvalue weighted by Crippen LogP contribution is 2.14. The Kier molecular flexibility index (Phi) is 4.73. The summed E-state index contributed by atoms with van der Waals surface area (Å²) in [5.74, 6) is 2.54. The van der Waals surface area contributed by atoms with E-state index in [-0.39, 0.29) is 17.4 Å². The molecular formula is C13H16O3S. The minimum Gasteiger partial charge on any atom is -0.266 e.